The highest BCUT2D eigenvalue weighted by Gasteiger charge is 1.99. The molecule has 7 heavy (non-hydrogen) atoms. The van der Waals surface area contributed by atoms with Gasteiger partial charge >= 0.3 is 0 Å². The molecule has 0 aliphatic heterocycles. The van der Waals surface area contributed by atoms with Gasteiger partial charge in [0, 0.05) is 0 Å². The first-order valence-electron chi connectivity index (χ1n) is 2.77. The molecule has 0 aromatic carbocycles. The molecule has 44 valence electrons. The molecule has 0 fully saturated rings. The van der Waals surface area contributed by atoms with E-state index in [2.05, 4.69) is 0 Å². The molecular weight excluding hydrogens is 91.1 g/mol. The van der Waals surface area contributed by atoms with E-state index in [1.807, 2.05) is 13.8 Å². The normalized spacial score (nSPS) is 15.0. The monoisotopic (exact) mass is 104 g/mol. The molecule has 0 amide bonds. The molecule has 0 aromatic rings. The van der Waals surface area contributed by atoms with Crippen molar-refractivity contribution in [2.75, 3.05) is 0 Å². The summed E-state index contributed by atoms with van der Waals surface area (Å²) in [6.07, 6.45) is 0.0694. The SMILES string of the molecule is CC(C)C[C@@H](C)F. The number of rotatable bonds is 2. The molecule has 0 rings (SSSR count). The predicted octanol–water partition coefficient (Wildman–Crippen LogP) is 2.39. The van der Waals surface area contributed by atoms with Gasteiger partial charge < -0.3 is 0 Å². The highest BCUT2D eigenvalue weighted by Crippen LogP contribution is 2.05. The Hall–Kier alpha value is -0.0700. The maximum Gasteiger partial charge on any atom is 0.0976 e. The van der Waals surface area contributed by atoms with E-state index in [1.54, 1.807) is 6.92 Å². The highest BCUT2D eigenvalue weighted by atomic mass is 19.1. The topological polar surface area (TPSA) is 0 Å². The summed E-state index contributed by atoms with van der Waals surface area (Å²) in [5.41, 5.74) is 0. The summed E-state index contributed by atoms with van der Waals surface area (Å²) in [6, 6.07) is 0. The van der Waals surface area contributed by atoms with Gasteiger partial charge in [0.1, 0.15) is 0 Å². The van der Waals surface area contributed by atoms with Gasteiger partial charge in [-0.3, -0.25) is 0 Å². The zero-order valence-electron chi connectivity index (χ0n) is 5.24. The quantitative estimate of drug-likeness (QED) is 0.504. The second kappa shape index (κ2) is 3.00. The van der Waals surface area contributed by atoms with Crippen LogP contribution in [0.25, 0.3) is 0 Å². The van der Waals surface area contributed by atoms with E-state index in [4.69, 9.17) is 0 Å². The minimum atomic E-state index is -0.625. The van der Waals surface area contributed by atoms with Gasteiger partial charge in [-0.25, -0.2) is 4.39 Å². The smallest absolute Gasteiger partial charge is 0.0976 e. The summed E-state index contributed by atoms with van der Waals surface area (Å²) < 4.78 is 12.0. The van der Waals surface area contributed by atoms with E-state index < -0.39 is 6.17 Å². The van der Waals surface area contributed by atoms with Crippen LogP contribution in [-0.4, -0.2) is 6.17 Å². The van der Waals surface area contributed by atoms with Crippen molar-refractivity contribution in [1.82, 2.24) is 0 Å². The third kappa shape index (κ3) is 5.93. The molecule has 1 atom stereocenters. The molecule has 0 radical (unpaired) electrons. The van der Waals surface area contributed by atoms with E-state index in [0.29, 0.717) is 12.3 Å². The van der Waals surface area contributed by atoms with Crippen LogP contribution in [0.2, 0.25) is 0 Å². The second-order valence-corrected chi connectivity index (χ2v) is 2.41. The highest BCUT2D eigenvalue weighted by molar-refractivity contribution is 4.49. The summed E-state index contributed by atoms with van der Waals surface area (Å²) in [7, 11) is 0. The van der Waals surface area contributed by atoms with Crippen molar-refractivity contribution < 1.29 is 4.39 Å². The number of hydrogen-bond donors (Lipinski definition) is 0. The van der Waals surface area contributed by atoms with Crippen LogP contribution in [0.15, 0.2) is 0 Å². The van der Waals surface area contributed by atoms with Gasteiger partial charge in [-0.05, 0) is 19.3 Å². The van der Waals surface area contributed by atoms with Crippen molar-refractivity contribution in [1.29, 1.82) is 0 Å². The Kier molecular flexibility index (Phi) is 2.97. The summed E-state index contributed by atoms with van der Waals surface area (Å²) >= 11 is 0. The fourth-order valence-electron chi connectivity index (χ4n) is 0.650. The Balaban J connectivity index is 2.95. The van der Waals surface area contributed by atoms with Crippen molar-refractivity contribution in [3.05, 3.63) is 0 Å². The first-order valence-corrected chi connectivity index (χ1v) is 2.77. The molecular formula is C6H13F. The Morgan fingerprint density at radius 2 is 1.71 bits per heavy atom. The van der Waals surface area contributed by atoms with Crippen LogP contribution in [0.1, 0.15) is 27.2 Å². The van der Waals surface area contributed by atoms with Crippen molar-refractivity contribution >= 4 is 0 Å². The number of halogens is 1. The zero-order valence-corrected chi connectivity index (χ0v) is 5.24. The maximum absolute atomic E-state index is 12.0. The lowest BCUT2D eigenvalue weighted by molar-refractivity contribution is 0.306. The molecule has 1 heteroatoms. The van der Waals surface area contributed by atoms with Crippen molar-refractivity contribution in [3.8, 4) is 0 Å². The number of alkyl halides is 1. The van der Waals surface area contributed by atoms with Crippen LogP contribution >= 0.6 is 0 Å². The summed E-state index contributed by atoms with van der Waals surface area (Å²) in [5, 5.41) is 0. The molecule has 0 bridgehead atoms. The molecule has 0 saturated carbocycles. The van der Waals surface area contributed by atoms with E-state index in [1.165, 1.54) is 0 Å². The molecule has 0 nitrogen and oxygen atoms in total. The van der Waals surface area contributed by atoms with Gasteiger partial charge in [0.15, 0.2) is 0 Å². The molecule has 0 aromatic heterocycles. The van der Waals surface area contributed by atoms with Crippen LogP contribution in [-0.2, 0) is 0 Å². The first kappa shape index (κ1) is 6.93. The van der Waals surface area contributed by atoms with Gasteiger partial charge in [-0.15, -0.1) is 0 Å². The number of hydrogen-bond acceptors (Lipinski definition) is 0. The molecule has 0 N–H and O–H groups in total. The average Bonchev–Trinajstić information content (AvgIpc) is 1.27. The second-order valence-electron chi connectivity index (χ2n) is 2.41. The maximum atomic E-state index is 12.0. The van der Waals surface area contributed by atoms with Crippen LogP contribution in [0, 0.1) is 5.92 Å². The van der Waals surface area contributed by atoms with Crippen LogP contribution in [0.3, 0.4) is 0 Å². The largest absolute Gasteiger partial charge is 0.248 e. The fourth-order valence-corrected chi connectivity index (χ4v) is 0.650. The molecule has 0 spiro atoms. The van der Waals surface area contributed by atoms with E-state index in [0.717, 1.165) is 0 Å². The summed E-state index contributed by atoms with van der Waals surface area (Å²) in [4.78, 5) is 0. The average molecular weight is 104 g/mol. The lowest BCUT2D eigenvalue weighted by atomic mass is 10.1. The lowest BCUT2D eigenvalue weighted by Gasteiger charge is -2.02. The van der Waals surface area contributed by atoms with Crippen molar-refractivity contribution in [3.63, 3.8) is 0 Å². The molecule has 0 saturated heterocycles. The van der Waals surface area contributed by atoms with Gasteiger partial charge in [-0.1, -0.05) is 13.8 Å². The molecule has 0 heterocycles. The Bertz CT molecular complexity index is 33.4. The minimum absolute atomic E-state index is 0.500. The Morgan fingerprint density at radius 3 is 1.71 bits per heavy atom. The summed E-state index contributed by atoms with van der Waals surface area (Å²) in [6.45, 7) is 5.64. The van der Waals surface area contributed by atoms with Gasteiger partial charge in [0.2, 0.25) is 0 Å². The minimum Gasteiger partial charge on any atom is -0.248 e. The molecule has 0 aliphatic rings. The van der Waals surface area contributed by atoms with Gasteiger partial charge in [0.25, 0.3) is 0 Å². The van der Waals surface area contributed by atoms with E-state index in [-0.39, 0.29) is 0 Å². The fraction of sp³-hybridized carbons (Fsp3) is 1.00. The van der Waals surface area contributed by atoms with E-state index >= 15 is 0 Å². The summed E-state index contributed by atoms with van der Waals surface area (Å²) in [5.74, 6) is 0.500. The van der Waals surface area contributed by atoms with Crippen LogP contribution < -0.4 is 0 Å². The third-order valence-electron chi connectivity index (χ3n) is 0.796. The van der Waals surface area contributed by atoms with Crippen LogP contribution in [0.4, 0.5) is 4.39 Å². The molecule has 0 aliphatic carbocycles. The van der Waals surface area contributed by atoms with Crippen LogP contribution in [0.5, 0.6) is 0 Å². The zero-order chi connectivity index (χ0) is 5.86. The third-order valence-corrected chi connectivity index (χ3v) is 0.796. The van der Waals surface area contributed by atoms with Crippen molar-refractivity contribution in [2.45, 2.75) is 33.4 Å². The Labute approximate surface area is 44.7 Å². The van der Waals surface area contributed by atoms with Crippen molar-refractivity contribution in [2.24, 2.45) is 5.92 Å². The van der Waals surface area contributed by atoms with E-state index in [9.17, 15) is 4.39 Å². The van der Waals surface area contributed by atoms with Gasteiger partial charge in [0.05, 0.1) is 6.17 Å². The standard InChI is InChI=1S/C6H13F/c1-5(2)4-6(3)7/h5-6H,4H2,1-3H3/t6-/m1/s1. The predicted molar refractivity (Wildman–Crippen MR) is 30.0 cm³/mol. The lowest BCUT2D eigenvalue weighted by Crippen LogP contribution is -1.97. The van der Waals surface area contributed by atoms with Gasteiger partial charge in [-0.2, -0.15) is 0 Å². The first-order chi connectivity index (χ1) is 3.13. The molecule has 0 unspecified atom stereocenters. The Morgan fingerprint density at radius 1 is 1.29 bits per heavy atom.